The molecule has 0 aromatic heterocycles. The summed E-state index contributed by atoms with van der Waals surface area (Å²) in [6.07, 6.45) is 0. The number of hydrogen-bond acceptors (Lipinski definition) is 8. The zero-order valence-corrected chi connectivity index (χ0v) is 13.8. The molecule has 1 aromatic carbocycles. The fourth-order valence-corrected chi connectivity index (χ4v) is 1.53. The number of benzene rings is 1. The van der Waals surface area contributed by atoms with Gasteiger partial charge in [0.1, 0.15) is 19.0 Å². The molecule has 0 saturated heterocycles. The summed E-state index contributed by atoms with van der Waals surface area (Å²) in [6.45, 7) is 0.723. The molecule has 0 saturated carbocycles. The molecule has 0 spiro atoms. The zero-order chi connectivity index (χ0) is 18.5. The highest BCUT2D eigenvalue weighted by atomic mass is 16.6. The van der Waals surface area contributed by atoms with Crippen molar-refractivity contribution in [1.29, 1.82) is 0 Å². The number of nitro benzene ring substituents is 1. The summed E-state index contributed by atoms with van der Waals surface area (Å²) in [5.41, 5.74) is -0.0903. The number of rotatable bonds is 12. The van der Waals surface area contributed by atoms with Crippen LogP contribution < -0.4 is 10.1 Å². The van der Waals surface area contributed by atoms with Gasteiger partial charge in [-0.1, -0.05) is 0 Å². The van der Waals surface area contributed by atoms with E-state index in [1.54, 1.807) is 0 Å². The molecule has 1 aromatic rings. The Balaban J connectivity index is 2.03. The summed E-state index contributed by atoms with van der Waals surface area (Å²) in [4.78, 5) is 32.3. The molecule has 0 heterocycles. The smallest absolute Gasteiger partial charge is 0.337 e. The molecule has 10 heteroatoms. The topological polar surface area (TPSA) is 126 Å². The second-order valence-corrected chi connectivity index (χ2v) is 4.62. The Bertz CT molecular complexity index is 561. The number of nitro groups is 1. The lowest BCUT2D eigenvalue weighted by molar-refractivity contribution is -0.384. The van der Waals surface area contributed by atoms with Crippen molar-refractivity contribution in [3.63, 3.8) is 0 Å². The first-order valence-electron chi connectivity index (χ1n) is 7.42. The molecule has 0 aliphatic carbocycles. The van der Waals surface area contributed by atoms with E-state index < -0.39 is 10.9 Å². The van der Waals surface area contributed by atoms with Gasteiger partial charge in [-0.15, -0.1) is 0 Å². The third kappa shape index (κ3) is 9.35. The molecule has 1 amide bonds. The van der Waals surface area contributed by atoms with Gasteiger partial charge in [0.25, 0.3) is 5.69 Å². The van der Waals surface area contributed by atoms with Gasteiger partial charge in [-0.2, -0.15) is 0 Å². The lowest BCUT2D eigenvalue weighted by Gasteiger charge is -2.07. The van der Waals surface area contributed by atoms with Crippen LogP contribution in [0.1, 0.15) is 0 Å². The van der Waals surface area contributed by atoms with Gasteiger partial charge in [-0.25, -0.2) is 4.79 Å². The number of amides is 1. The van der Waals surface area contributed by atoms with Crippen molar-refractivity contribution in [2.24, 2.45) is 0 Å². The highest BCUT2D eigenvalue weighted by Crippen LogP contribution is 2.17. The molecule has 0 fully saturated rings. The average Bonchev–Trinajstić information content (AvgIpc) is 2.60. The molecule has 0 unspecified atom stereocenters. The van der Waals surface area contributed by atoms with Crippen LogP contribution in [-0.4, -0.2) is 63.5 Å². The SMILES string of the molecule is CNC(=O)COCCOCCOCC(=O)Oc1ccc([N+](=O)[O-])cc1. The molecule has 1 N–H and O–H groups in total. The van der Waals surface area contributed by atoms with Crippen molar-refractivity contribution in [1.82, 2.24) is 5.32 Å². The van der Waals surface area contributed by atoms with E-state index >= 15 is 0 Å². The summed E-state index contributed by atoms with van der Waals surface area (Å²) in [5.74, 6) is -0.638. The van der Waals surface area contributed by atoms with E-state index in [4.69, 9.17) is 18.9 Å². The van der Waals surface area contributed by atoms with Crippen LogP contribution in [0.25, 0.3) is 0 Å². The van der Waals surface area contributed by atoms with Gasteiger partial charge in [0.2, 0.25) is 5.91 Å². The molecule has 138 valence electrons. The molecule has 0 aliphatic heterocycles. The number of nitrogens with one attached hydrogen (secondary N) is 1. The maximum absolute atomic E-state index is 11.5. The quantitative estimate of drug-likeness (QED) is 0.186. The minimum Gasteiger partial charge on any atom is -0.425 e. The number of likely N-dealkylation sites (N-methyl/N-ethyl adjacent to an activating group) is 1. The minimum absolute atomic E-state index is 0.0230. The lowest BCUT2D eigenvalue weighted by Crippen LogP contribution is -2.24. The molecule has 0 atom stereocenters. The zero-order valence-electron chi connectivity index (χ0n) is 13.8. The molecule has 0 radical (unpaired) electrons. The van der Waals surface area contributed by atoms with Crippen LogP contribution in [0.15, 0.2) is 24.3 Å². The summed E-state index contributed by atoms with van der Waals surface area (Å²) >= 11 is 0. The first kappa shape index (κ1) is 20.5. The van der Waals surface area contributed by atoms with Gasteiger partial charge in [-0.3, -0.25) is 14.9 Å². The molecule has 25 heavy (non-hydrogen) atoms. The van der Waals surface area contributed by atoms with Gasteiger partial charge in [0, 0.05) is 19.2 Å². The molecular weight excluding hydrogens is 336 g/mol. The van der Waals surface area contributed by atoms with Crippen LogP contribution in [0.2, 0.25) is 0 Å². The van der Waals surface area contributed by atoms with Crippen molar-refractivity contribution in [3.05, 3.63) is 34.4 Å². The first-order chi connectivity index (χ1) is 12.0. The summed E-state index contributed by atoms with van der Waals surface area (Å²) in [5, 5.41) is 12.9. The van der Waals surface area contributed by atoms with Crippen LogP contribution >= 0.6 is 0 Å². The number of hydrogen-bond donors (Lipinski definition) is 1. The van der Waals surface area contributed by atoms with Gasteiger partial charge < -0.3 is 24.3 Å². The third-order valence-electron chi connectivity index (χ3n) is 2.76. The Kier molecular flexibility index (Phi) is 9.75. The van der Waals surface area contributed by atoms with Gasteiger partial charge in [-0.05, 0) is 12.1 Å². The van der Waals surface area contributed by atoms with E-state index in [1.165, 1.54) is 31.3 Å². The number of nitrogens with zero attached hydrogens (tertiary/aromatic N) is 1. The van der Waals surface area contributed by atoms with E-state index in [0.29, 0.717) is 6.61 Å². The van der Waals surface area contributed by atoms with Crippen LogP contribution in [0, 0.1) is 10.1 Å². The second kappa shape index (κ2) is 11.9. The van der Waals surface area contributed by atoms with Crippen molar-refractivity contribution in [3.8, 4) is 5.75 Å². The largest absolute Gasteiger partial charge is 0.425 e. The maximum atomic E-state index is 11.5. The summed E-state index contributed by atoms with van der Waals surface area (Å²) in [6, 6.07) is 5.14. The van der Waals surface area contributed by atoms with Crippen LogP contribution in [0.4, 0.5) is 5.69 Å². The molecular formula is C15H20N2O8. The first-order valence-corrected chi connectivity index (χ1v) is 7.42. The minimum atomic E-state index is -0.622. The monoisotopic (exact) mass is 356 g/mol. The second-order valence-electron chi connectivity index (χ2n) is 4.62. The molecule has 0 bridgehead atoms. The van der Waals surface area contributed by atoms with Crippen LogP contribution in [0.5, 0.6) is 5.75 Å². The average molecular weight is 356 g/mol. The Hall–Kier alpha value is -2.56. The number of carbonyl (C=O) groups excluding carboxylic acids is 2. The molecule has 0 aliphatic rings. The number of ether oxygens (including phenoxy) is 4. The molecule has 10 nitrogen and oxygen atoms in total. The fourth-order valence-electron chi connectivity index (χ4n) is 1.53. The van der Waals surface area contributed by atoms with Gasteiger partial charge in [0.15, 0.2) is 0 Å². The normalized spacial score (nSPS) is 10.3. The van der Waals surface area contributed by atoms with E-state index in [1.807, 2.05) is 0 Å². The standard InChI is InChI=1S/C15H20N2O8/c1-16-14(18)10-23-8-6-22-7-9-24-11-15(19)25-13-4-2-12(3-5-13)17(20)21/h2-5H,6-11H2,1H3,(H,16,18). The lowest BCUT2D eigenvalue weighted by atomic mass is 10.3. The third-order valence-corrected chi connectivity index (χ3v) is 2.76. The van der Waals surface area contributed by atoms with Crippen molar-refractivity contribution in [2.45, 2.75) is 0 Å². The summed E-state index contributed by atoms with van der Waals surface area (Å²) < 4.78 is 20.2. The van der Waals surface area contributed by atoms with Crippen LogP contribution in [-0.2, 0) is 23.8 Å². The Labute approximate surface area is 144 Å². The Morgan fingerprint density at radius 1 is 1.00 bits per heavy atom. The van der Waals surface area contributed by atoms with Crippen molar-refractivity contribution in [2.75, 3.05) is 46.7 Å². The van der Waals surface area contributed by atoms with E-state index in [2.05, 4.69) is 5.32 Å². The fraction of sp³-hybridized carbons (Fsp3) is 0.467. The van der Waals surface area contributed by atoms with Crippen molar-refractivity contribution < 1.29 is 33.5 Å². The van der Waals surface area contributed by atoms with Crippen LogP contribution in [0.3, 0.4) is 0 Å². The van der Waals surface area contributed by atoms with Gasteiger partial charge in [0.05, 0.1) is 31.4 Å². The number of non-ortho nitro benzene ring substituents is 1. The van der Waals surface area contributed by atoms with E-state index in [-0.39, 0.29) is 50.4 Å². The number of esters is 1. The van der Waals surface area contributed by atoms with E-state index in [9.17, 15) is 19.7 Å². The van der Waals surface area contributed by atoms with Gasteiger partial charge >= 0.3 is 5.97 Å². The molecule has 1 rings (SSSR count). The predicted molar refractivity (Wildman–Crippen MR) is 85.3 cm³/mol. The number of carbonyl (C=O) groups is 2. The Morgan fingerprint density at radius 2 is 1.56 bits per heavy atom. The highest BCUT2D eigenvalue weighted by molar-refractivity contribution is 5.76. The van der Waals surface area contributed by atoms with Crippen molar-refractivity contribution >= 4 is 17.6 Å². The summed E-state index contributed by atoms with van der Waals surface area (Å²) in [7, 11) is 1.52. The highest BCUT2D eigenvalue weighted by Gasteiger charge is 2.08. The maximum Gasteiger partial charge on any atom is 0.337 e. The predicted octanol–water partition coefficient (Wildman–Crippen LogP) is 0.296. The van der Waals surface area contributed by atoms with E-state index in [0.717, 1.165) is 0 Å². The Morgan fingerprint density at radius 3 is 2.12 bits per heavy atom.